The van der Waals surface area contributed by atoms with Gasteiger partial charge in [-0.3, -0.25) is 18.6 Å². The summed E-state index contributed by atoms with van der Waals surface area (Å²) in [7, 11) is -3.89. The molecular formula is C10H20NO7P. The van der Waals surface area contributed by atoms with Crippen molar-refractivity contribution in [2.45, 2.75) is 52.4 Å². The molecule has 0 aliphatic carbocycles. The van der Waals surface area contributed by atoms with E-state index in [0.717, 1.165) is 0 Å². The molecule has 0 spiro atoms. The van der Waals surface area contributed by atoms with Crippen molar-refractivity contribution >= 4 is 19.7 Å². The van der Waals surface area contributed by atoms with E-state index in [4.69, 9.17) is 19.3 Å². The summed E-state index contributed by atoms with van der Waals surface area (Å²) in [4.78, 5) is 21.5. The summed E-state index contributed by atoms with van der Waals surface area (Å²) in [5, 5.41) is 19.7. The van der Waals surface area contributed by atoms with E-state index < -0.39 is 44.4 Å². The largest absolute Gasteiger partial charge is 0.481 e. The topological polar surface area (TPSA) is 122 Å². The fourth-order valence-corrected chi connectivity index (χ4v) is 3.06. The highest BCUT2D eigenvalue weighted by atomic mass is 31.2. The molecule has 8 nitrogen and oxygen atoms in total. The summed E-state index contributed by atoms with van der Waals surface area (Å²) >= 11 is 0. The Balaban J connectivity index is 4.99. The van der Waals surface area contributed by atoms with Crippen LogP contribution in [0.25, 0.3) is 0 Å². The Labute approximate surface area is 111 Å². The average Bonchev–Trinajstić information content (AvgIpc) is 2.11. The third-order valence-electron chi connectivity index (χ3n) is 1.69. The highest BCUT2D eigenvalue weighted by Gasteiger charge is 2.35. The Morgan fingerprint density at radius 3 is 1.79 bits per heavy atom. The predicted octanol–water partition coefficient (Wildman–Crippen LogP) is 1.46. The van der Waals surface area contributed by atoms with E-state index in [1.165, 1.54) is 0 Å². The van der Waals surface area contributed by atoms with Crippen molar-refractivity contribution in [3.8, 4) is 0 Å². The minimum absolute atomic E-state index is 0.476. The van der Waals surface area contributed by atoms with E-state index in [0.29, 0.717) is 0 Å². The number of nitrogens with one attached hydrogen (secondary N) is 1. The summed E-state index contributed by atoms with van der Waals surface area (Å²) in [5.74, 6) is -2.78. The molecule has 0 bridgehead atoms. The summed E-state index contributed by atoms with van der Waals surface area (Å²) in [6, 6.07) is -1.55. The normalized spacial score (nSPS) is 13.8. The summed E-state index contributed by atoms with van der Waals surface area (Å²) in [6.45, 7) is 6.41. The zero-order valence-electron chi connectivity index (χ0n) is 11.3. The molecule has 0 aliphatic rings. The van der Waals surface area contributed by atoms with Gasteiger partial charge in [0.1, 0.15) is 6.04 Å². The number of aliphatic carboxylic acids is 2. The van der Waals surface area contributed by atoms with E-state index >= 15 is 0 Å². The molecule has 0 aromatic rings. The molecule has 0 aromatic heterocycles. The van der Waals surface area contributed by atoms with Crippen LogP contribution in [0.3, 0.4) is 0 Å². The van der Waals surface area contributed by atoms with E-state index in [1.54, 1.807) is 27.7 Å². The fourth-order valence-electron chi connectivity index (χ4n) is 1.19. The molecule has 112 valence electrons. The second-order valence-corrected chi connectivity index (χ2v) is 6.10. The third-order valence-corrected chi connectivity index (χ3v) is 3.72. The minimum atomic E-state index is -3.89. The van der Waals surface area contributed by atoms with Gasteiger partial charge in [0.25, 0.3) is 0 Å². The molecule has 0 amide bonds. The van der Waals surface area contributed by atoms with Crippen LogP contribution in [0, 0.1) is 0 Å². The van der Waals surface area contributed by atoms with Crippen molar-refractivity contribution in [1.82, 2.24) is 5.09 Å². The van der Waals surface area contributed by atoms with Crippen LogP contribution in [0.15, 0.2) is 0 Å². The first-order valence-electron chi connectivity index (χ1n) is 5.75. The Bertz CT molecular complexity index is 355. The van der Waals surface area contributed by atoms with Gasteiger partial charge in [-0.2, -0.15) is 0 Å². The van der Waals surface area contributed by atoms with Crippen LogP contribution >= 0.6 is 7.75 Å². The lowest BCUT2D eigenvalue weighted by Crippen LogP contribution is -2.38. The molecule has 3 N–H and O–H groups in total. The molecule has 0 heterocycles. The lowest BCUT2D eigenvalue weighted by Gasteiger charge is -2.25. The fraction of sp³-hybridized carbons (Fsp3) is 0.800. The van der Waals surface area contributed by atoms with Gasteiger partial charge in [0.2, 0.25) is 0 Å². The van der Waals surface area contributed by atoms with Crippen LogP contribution < -0.4 is 5.09 Å². The molecule has 0 radical (unpaired) electrons. The van der Waals surface area contributed by atoms with E-state index in [1.807, 2.05) is 0 Å². The smallest absolute Gasteiger partial charge is 0.406 e. The van der Waals surface area contributed by atoms with Crippen LogP contribution in [-0.4, -0.2) is 40.4 Å². The molecule has 0 aromatic carbocycles. The number of hydrogen-bond acceptors (Lipinski definition) is 5. The van der Waals surface area contributed by atoms with Crippen molar-refractivity contribution in [3.63, 3.8) is 0 Å². The molecular weight excluding hydrogens is 277 g/mol. The van der Waals surface area contributed by atoms with Crippen LogP contribution in [0.2, 0.25) is 0 Å². The number of carboxylic acids is 2. The average molecular weight is 297 g/mol. The highest BCUT2D eigenvalue weighted by Crippen LogP contribution is 2.47. The molecule has 19 heavy (non-hydrogen) atoms. The lowest BCUT2D eigenvalue weighted by atomic mass is 10.2. The first kappa shape index (κ1) is 18.0. The molecule has 9 heteroatoms. The van der Waals surface area contributed by atoms with Crippen molar-refractivity contribution in [1.29, 1.82) is 0 Å². The second-order valence-electron chi connectivity index (χ2n) is 4.42. The Hall–Kier alpha value is -0.950. The van der Waals surface area contributed by atoms with Gasteiger partial charge in [-0.1, -0.05) is 0 Å². The quantitative estimate of drug-likeness (QED) is 0.547. The van der Waals surface area contributed by atoms with Gasteiger partial charge >= 0.3 is 19.7 Å². The third kappa shape index (κ3) is 7.94. The SMILES string of the molecule is CC(C)OP(=O)(N[C@@H](CC(=O)O)C(=O)O)OC(C)C. The van der Waals surface area contributed by atoms with Gasteiger partial charge in [-0.25, -0.2) is 9.65 Å². The number of carbonyl (C=O) groups is 2. The van der Waals surface area contributed by atoms with Gasteiger partial charge < -0.3 is 10.2 Å². The molecule has 0 aliphatic heterocycles. The Morgan fingerprint density at radius 1 is 1.11 bits per heavy atom. The Morgan fingerprint density at radius 2 is 1.53 bits per heavy atom. The number of carboxylic acid groups (broad SMARTS) is 2. The molecule has 0 fully saturated rings. The second kappa shape index (κ2) is 7.59. The Kier molecular flexibility index (Phi) is 7.21. The summed E-state index contributed by atoms with van der Waals surface area (Å²) < 4.78 is 22.5. The van der Waals surface area contributed by atoms with Crippen LogP contribution in [0.1, 0.15) is 34.1 Å². The molecule has 0 unspecified atom stereocenters. The maximum Gasteiger partial charge on any atom is 0.406 e. The van der Waals surface area contributed by atoms with Crippen LogP contribution in [-0.2, 0) is 23.2 Å². The highest BCUT2D eigenvalue weighted by molar-refractivity contribution is 7.51. The predicted molar refractivity (Wildman–Crippen MR) is 66.9 cm³/mol. The maximum atomic E-state index is 12.3. The summed E-state index contributed by atoms with van der Waals surface area (Å²) in [5.41, 5.74) is 0. The molecule has 0 rings (SSSR count). The van der Waals surface area contributed by atoms with Gasteiger partial charge in [0.05, 0.1) is 18.6 Å². The van der Waals surface area contributed by atoms with Crippen molar-refractivity contribution < 1.29 is 33.4 Å². The minimum Gasteiger partial charge on any atom is -0.481 e. The monoisotopic (exact) mass is 297 g/mol. The maximum absolute atomic E-state index is 12.3. The number of rotatable bonds is 9. The molecule has 0 saturated carbocycles. The van der Waals surface area contributed by atoms with E-state index in [9.17, 15) is 14.2 Å². The van der Waals surface area contributed by atoms with Crippen LogP contribution in [0.5, 0.6) is 0 Å². The summed E-state index contributed by atoms with van der Waals surface area (Å²) in [6.07, 6.45) is -1.69. The zero-order valence-corrected chi connectivity index (χ0v) is 12.2. The number of hydrogen-bond donors (Lipinski definition) is 3. The van der Waals surface area contributed by atoms with Crippen molar-refractivity contribution in [2.75, 3.05) is 0 Å². The zero-order chi connectivity index (χ0) is 15.2. The van der Waals surface area contributed by atoms with Crippen molar-refractivity contribution in [2.24, 2.45) is 0 Å². The first-order chi connectivity index (χ1) is 8.55. The van der Waals surface area contributed by atoms with Gasteiger partial charge in [-0.15, -0.1) is 0 Å². The van der Waals surface area contributed by atoms with Gasteiger partial charge in [0, 0.05) is 0 Å². The van der Waals surface area contributed by atoms with Crippen molar-refractivity contribution in [3.05, 3.63) is 0 Å². The van der Waals surface area contributed by atoms with E-state index in [2.05, 4.69) is 5.09 Å². The van der Waals surface area contributed by atoms with E-state index in [-0.39, 0.29) is 0 Å². The van der Waals surface area contributed by atoms with Gasteiger partial charge in [0.15, 0.2) is 0 Å². The lowest BCUT2D eigenvalue weighted by molar-refractivity contribution is -0.145. The standard InChI is InChI=1S/C10H20NO7P/c1-6(2)17-19(16,18-7(3)4)11-8(10(14)15)5-9(12)13/h6-8H,5H2,1-4H3,(H,11,16)(H,12,13)(H,14,15)/t8-/m0/s1. The molecule has 0 saturated heterocycles. The van der Waals surface area contributed by atoms with Crippen LogP contribution in [0.4, 0.5) is 0 Å². The van der Waals surface area contributed by atoms with Gasteiger partial charge in [-0.05, 0) is 27.7 Å². The first-order valence-corrected chi connectivity index (χ1v) is 7.29. The molecule has 1 atom stereocenters.